The SMILES string of the molecule is CC(C)(C)C1=CCN(C(=O)c2ccc3[nH]ccc3c2)CC1. The van der Waals surface area contributed by atoms with E-state index in [1.807, 2.05) is 35.4 Å². The predicted octanol–water partition coefficient (Wildman–Crippen LogP) is 3.99. The van der Waals surface area contributed by atoms with Crippen LogP contribution in [0, 0.1) is 5.41 Å². The number of hydrogen-bond acceptors (Lipinski definition) is 1. The summed E-state index contributed by atoms with van der Waals surface area (Å²) in [6.45, 7) is 8.23. The Morgan fingerprint density at radius 1 is 1.24 bits per heavy atom. The molecule has 2 aromatic rings. The van der Waals surface area contributed by atoms with Gasteiger partial charge in [-0.05, 0) is 36.1 Å². The van der Waals surface area contributed by atoms with Crippen molar-refractivity contribution in [1.29, 1.82) is 0 Å². The number of nitrogens with zero attached hydrogens (tertiary/aromatic N) is 1. The third kappa shape index (κ3) is 2.73. The molecule has 3 heteroatoms. The Labute approximate surface area is 125 Å². The van der Waals surface area contributed by atoms with Crippen molar-refractivity contribution in [2.75, 3.05) is 13.1 Å². The van der Waals surface area contributed by atoms with Gasteiger partial charge in [0.2, 0.25) is 0 Å². The highest BCUT2D eigenvalue weighted by Gasteiger charge is 2.24. The molecule has 0 bridgehead atoms. The summed E-state index contributed by atoms with van der Waals surface area (Å²) in [7, 11) is 0. The molecule has 1 aliphatic heterocycles. The van der Waals surface area contributed by atoms with E-state index in [1.165, 1.54) is 5.57 Å². The Bertz CT molecular complexity index is 703. The predicted molar refractivity (Wildman–Crippen MR) is 86.4 cm³/mol. The highest BCUT2D eigenvalue weighted by molar-refractivity contribution is 5.98. The van der Waals surface area contributed by atoms with Gasteiger partial charge >= 0.3 is 0 Å². The Morgan fingerprint density at radius 2 is 2.05 bits per heavy atom. The fourth-order valence-corrected chi connectivity index (χ4v) is 2.90. The first-order valence-corrected chi connectivity index (χ1v) is 7.51. The number of rotatable bonds is 1. The minimum Gasteiger partial charge on any atom is -0.361 e. The van der Waals surface area contributed by atoms with Crippen molar-refractivity contribution < 1.29 is 4.79 Å². The lowest BCUT2D eigenvalue weighted by Gasteiger charge is -2.32. The summed E-state index contributed by atoms with van der Waals surface area (Å²) in [6.07, 6.45) is 5.09. The number of amides is 1. The smallest absolute Gasteiger partial charge is 0.254 e. The minimum atomic E-state index is 0.127. The molecule has 0 unspecified atom stereocenters. The molecule has 0 fully saturated rings. The van der Waals surface area contributed by atoms with Gasteiger partial charge in [-0.15, -0.1) is 0 Å². The van der Waals surface area contributed by atoms with Crippen LogP contribution in [0.3, 0.4) is 0 Å². The van der Waals surface area contributed by atoms with E-state index in [9.17, 15) is 4.79 Å². The largest absolute Gasteiger partial charge is 0.361 e. The summed E-state index contributed by atoms with van der Waals surface area (Å²) < 4.78 is 0. The molecular formula is C18H22N2O. The van der Waals surface area contributed by atoms with Crippen molar-refractivity contribution in [3.05, 3.63) is 47.7 Å². The molecular weight excluding hydrogens is 260 g/mol. The van der Waals surface area contributed by atoms with Gasteiger partial charge in [0.15, 0.2) is 0 Å². The maximum atomic E-state index is 12.6. The van der Waals surface area contributed by atoms with E-state index in [2.05, 4.69) is 31.8 Å². The number of aromatic amines is 1. The first-order chi connectivity index (χ1) is 9.95. The second kappa shape index (κ2) is 5.06. The fourth-order valence-electron chi connectivity index (χ4n) is 2.90. The molecule has 21 heavy (non-hydrogen) atoms. The third-order valence-electron chi connectivity index (χ3n) is 4.26. The zero-order chi connectivity index (χ0) is 15.0. The topological polar surface area (TPSA) is 36.1 Å². The number of nitrogens with one attached hydrogen (secondary N) is 1. The summed E-state index contributed by atoms with van der Waals surface area (Å²) >= 11 is 0. The first kappa shape index (κ1) is 13.9. The van der Waals surface area contributed by atoms with Gasteiger partial charge in [-0.25, -0.2) is 0 Å². The molecule has 1 amide bonds. The summed E-state index contributed by atoms with van der Waals surface area (Å²) in [6, 6.07) is 7.85. The molecule has 3 rings (SSSR count). The molecule has 2 heterocycles. The highest BCUT2D eigenvalue weighted by atomic mass is 16.2. The number of hydrogen-bond donors (Lipinski definition) is 1. The fraction of sp³-hybridized carbons (Fsp3) is 0.389. The molecule has 0 radical (unpaired) electrons. The van der Waals surface area contributed by atoms with Crippen molar-refractivity contribution in [3.63, 3.8) is 0 Å². The molecule has 0 aliphatic carbocycles. The van der Waals surface area contributed by atoms with Crippen molar-refractivity contribution in [1.82, 2.24) is 9.88 Å². The quantitative estimate of drug-likeness (QED) is 0.789. The van der Waals surface area contributed by atoms with Crippen LogP contribution in [0.25, 0.3) is 10.9 Å². The van der Waals surface area contributed by atoms with Gasteiger partial charge in [-0.1, -0.05) is 32.4 Å². The van der Waals surface area contributed by atoms with Crippen LogP contribution < -0.4 is 0 Å². The van der Waals surface area contributed by atoms with Crippen LogP contribution in [-0.4, -0.2) is 28.9 Å². The molecule has 0 atom stereocenters. The lowest BCUT2D eigenvalue weighted by molar-refractivity contribution is 0.0765. The van der Waals surface area contributed by atoms with E-state index < -0.39 is 0 Å². The summed E-state index contributed by atoms with van der Waals surface area (Å²) in [5, 5.41) is 1.09. The van der Waals surface area contributed by atoms with Crippen LogP contribution in [0.1, 0.15) is 37.6 Å². The number of carbonyl (C=O) groups is 1. The molecule has 1 aliphatic rings. The van der Waals surface area contributed by atoms with Gasteiger partial charge in [0.05, 0.1) is 0 Å². The first-order valence-electron chi connectivity index (χ1n) is 7.51. The van der Waals surface area contributed by atoms with E-state index in [0.29, 0.717) is 0 Å². The molecule has 0 saturated heterocycles. The van der Waals surface area contributed by atoms with Crippen LogP contribution in [0.2, 0.25) is 0 Å². The van der Waals surface area contributed by atoms with Crippen LogP contribution in [-0.2, 0) is 0 Å². The van der Waals surface area contributed by atoms with E-state index >= 15 is 0 Å². The normalized spacial score (nSPS) is 16.1. The number of H-pyrrole nitrogens is 1. The molecule has 3 nitrogen and oxygen atoms in total. The number of benzene rings is 1. The average molecular weight is 282 g/mol. The standard InChI is InChI=1S/C18H22N2O/c1-18(2,3)15-7-10-20(11-8-15)17(21)14-4-5-16-13(12-14)6-9-19-16/h4-7,9,12,19H,8,10-11H2,1-3H3. The van der Waals surface area contributed by atoms with Gasteiger partial charge in [-0.3, -0.25) is 4.79 Å². The zero-order valence-electron chi connectivity index (χ0n) is 12.9. The molecule has 110 valence electrons. The summed E-state index contributed by atoms with van der Waals surface area (Å²) in [5.74, 6) is 0.127. The number of aromatic nitrogens is 1. The van der Waals surface area contributed by atoms with Crippen molar-refractivity contribution in [2.45, 2.75) is 27.2 Å². The summed E-state index contributed by atoms with van der Waals surface area (Å²) in [5.41, 5.74) is 3.50. The average Bonchev–Trinajstić information content (AvgIpc) is 2.93. The highest BCUT2D eigenvalue weighted by Crippen LogP contribution is 2.30. The Morgan fingerprint density at radius 3 is 2.71 bits per heavy atom. The van der Waals surface area contributed by atoms with E-state index in [-0.39, 0.29) is 11.3 Å². The maximum Gasteiger partial charge on any atom is 0.254 e. The molecule has 0 saturated carbocycles. The number of carbonyl (C=O) groups excluding carboxylic acids is 1. The van der Waals surface area contributed by atoms with E-state index in [1.54, 1.807) is 0 Å². The van der Waals surface area contributed by atoms with E-state index in [0.717, 1.165) is 36.0 Å². The summed E-state index contributed by atoms with van der Waals surface area (Å²) in [4.78, 5) is 17.7. The zero-order valence-corrected chi connectivity index (χ0v) is 12.9. The minimum absolute atomic E-state index is 0.127. The second-order valence-corrected chi connectivity index (χ2v) is 6.76. The van der Waals surface area contributed by atoms with Gasteiger partial charge in [0.25, 0.3) is 5.91 Å². The van der Waals surface area contributed by atoms with Crippen LogP contribution >= 0.6 is 0 Å². The van der Waals surface area contributed by atoms with E-state index in [4.69, 9.17) is 0 Å². The van der Waals surface area contributed by atoms with Gasteiger partial charge in [-0.2, -0.15) is 0 Å². The lowest BCUT2D eigenvalue weighted by atomic mass is 9.83. The van der Waals surface area contributed by atoms with Crippen molar-refractivity contribution >= 4 is 16.8 Å². The molecule has 1 N–H and O–H groups in total. The van der Waals surface area contributed by atoms with Gasteiger partial charge < -0.3 is 9.88 Å². The molecule has 1 aromatic carbocycles. The van der Waals surface area contributed by atoms with Crippen molar-refractivity contribution in [2.24, 2.45) is 5.41 Å². The van der Waals surface area contributed by atoms with Crippen LogP contribution in [0.4, 0.5) is 0 Å². The Balaban J connectivity index is 1.79. The van der Waals surface area contributed by atoms with Crippen LogP contribution in [0.15, 0.2) is 42.1 Å². The van der Waals surface area contributed by atoms with Gasteiger partial charge in [0.1, 0.15) is 0 Å². The molecule has 0 spiro atoms. The maximum absolute atomic E-state index is 12.6. The lowest BCUT2D eigenvalue weighted by Crippen LogP contribution is -2.36. The Hall–Kier alpha value is -2.03. The molecule has 1 aromatic heterocycles. The van der Waals surface area contributed by atoms with Crippen molar-refractivity contribution in [3.8, 4) is 0 Å². The van der Waals surface area contributed by atoms with Crippen LogP contribution in [0.5, 0.6) is 0 Å². The monoisotopic (exact) mass is 282 g/mol. The third-order valence-corrected chi connectivity index (χ3v) is 4.26. The number of fused-ring (bicyclic) bond motifs is 1. The second-order valence-electron chi connectivity index (χ2n) is 6.76. The van der Waals surface area contributed by atoms with Gasteiger partial charge in [0, 0.05) is 35.8 Å². The Kier molecular flexibility index (Phi) is 3.36.